The molecule has 0 aliphatic rings. The molecule has 0 fully saturated rings. The number of nitrogens with one attached hydrogen (secondary N) is 1. The van der Waals surface area contributed by atoms with Gasteiger partial charge in [-0.1, -0.05) is 34.6 Å². The molecule has 0 saturated heterocycles. The van der Waals surface area contributed by atoms with E-state index in [9.17, 15) is 4.79 Å². The van der Waals surface area contributed by atoms with Crippen LogP contribution in [0.2, 0.25) is 0 Å². The molecule has 3 heteroatoms. The second-order valence-corrected chi connectivity index (χ2v) is 4.94. The Bertz CT molecular complexity index is 190. The molecule has 0 aromatic carbocycles. The average molecular weight is 214 g/mol. The first kappa shape index (κ1) is 14.4. The summed E-state index contributed by atoms with van der Waals surface area (Å²) in [6.07, 6.45) is 1.40. The molecular formula is C12H26N2O. The van der Waals surface area contributed by atoms with Crippen LogP contribution in [0.1, 0.15) is 47.5 Å². The van der Waals surface area contributed by atoms with Gasteiger partial charge in [-0.15, -0.1) is 0 Å². The molecular weight excluding hydrogens is 188 g/mol. The Morgan fingerprint density at radius 2 is 1.73 bits per heavy atom. The van der Waals surface area contributed by atoms with Crippen LogP contribution < -0.4 is 11.1 Å². The van der Waals surface area contributed by atoms with Crippen LogP contribution in [0.5, 0.6) is 0 Å². The van der Waals surface area contributed by atoms with Crippen molar-refractivity contribution in [3.63, 3.8) is 0 Å². The van der Waals surface area contributed by atoms with Crippen molar-refractivity contribution in [2.75, 3.05) is 0 Å². The maximum Gasteiger partial charge on any atom is 0.221 e. The molecule has 0 aliphatic carbocycles. The molecule has 0 aliphatic heterocycles. The zero-order valence-electron chi connectivity index (χ0n) is 10.7. The predicted octanol–water partition coefficient (Wildman–Crippen LogP) is 1.91. The van der Waals surface area contributed by atoms with Gasteiger partial charge in [-0.05, 0) is 18.3 Å². The van der Waals surface area contributed by atoms with E-state index in [1.54, 1.807) is 0 Å². The first-order chi connectivity index (χ1) is 6.88. The van der Waals surface area contributed by atoms with Crippen LogP contribution in [0.3, 0.4) is 0 Å². The summed E-state index contributed by atoms with van der Waals surface area (Å²) in [5, 5.41) is 3.03. The Kier molecular flexibility index (Phi) is 6.57. The second kappa shape index (κ2) is 6.83. The third-order valence-electron chi connectivity index (χ3n) is 2.87. The van der Waals surface area contributed by atoms with Gasteiger partial charge in [0.1, 0.15) is 0 Å². The molecule has 0 radical (unpaired) electrons. The van der Waals surface area contributed by atoms with Gasteiger partial charge >= 0.3 is 0 Å². The van der Waals surface area contributed by atoms with Gasteiger partial charge in [-0.25, -0.2) is 0 Å². The van der Waals surface area contributed by atoms with E-state index in [0.717, 1.165) is 6.42 Å². The lowest BCUT2D eigenvalue weighted by Gasteiger charge is -2.22. The van der Waals surface area contributed by atoms with Crippen LogP contribution in [0.4, 0.5) is 0 Å². The Hall–Kier alpha value is -0.570. The van der Waals surface area contributed by atoms with Crippen molar-refractivity contribution in [3.05, 3.63) is 0 Å². The summed E-state index contributed by atoms with van der Waals surface area (Å²) in [5.41, 5.74) is 5.85. The fourth-order valence-electron chi connectivity index (χ4n) is 1.46. The van der Waals surface area contributed by atoms with Crippen molar-refractivity contribution in [2.24, 2.45) is 17.6 Å². The van der Waals surface area contributed by atoms with Crippen molar-refractivity contribution < 1.29 is 4.79 Å². The van der Waals surface area contributed by atoms with E-state index < -0.39 is 0 Å². The first-order valence-electron chi connectivity index (χ1n) is 5.93. The number of hydrogen-bond donors (Lipinski definition) is 2. The highest BCUT2D eigenvalue weighted by atomic mass is 16.1. The molecule has 3 N–H and O–H groups in total. The minimum Gasteiger partial charge on any atom is -0.353 e. The zero-order valence-corrected chi connectivity index (χ0v) is 10.7. The van der Waals surface area contributed by atoms with E-state index >= 15 is 0 Å². The highest BCUT2D eigenvalue weighted by Crippen LogP contribution is 2.07. The lowest BCUT2D eigenvalue weighted by molar-refractivity contribution is -0.122. The largest absolute Gasteiger partial charge is 0.353 e. The summed E-state index contributed by atoms with van der Waals surface area (Å²) in [6.45, 7) is 10.4. The highest BCUT2D eigenvalue weighted by molar-refractivity contribution is 5.76. The monoisotopic (exact) mass is 214 g/mol. The van der Waals surface area contributed by atoms with Crippen LogP contribution in [0, 0.1) is 11.8 Å². The molecule has 0 bridgehead atoms. The Labute approximate surface area is 93.8 Å². The lowest BCUT2D eigenvalue weighted by atomic mass is 9.99. The summed E-state index contributed by atoms with van der Waals surface area (Å²) < 4.78 is 0. The van der Waals surface area contributed by atoms with Crippen molar-refractivity contribution in [1.29, 1.82) is 0 Å². The number of carbonyl (C=O) groups excluding carboxylic acids is 1. The van der Waals surface area contributed by atoms with E-state index in [-0.39, 0.29) is 18.0 Å². The zero-order chi connectivity index (χ0) is 12.0. The van der Waals surface area contributed by atoms with Gasteiger partial charge in [0.05, 0.1) is 0 Å². The second-order valence-electron chi connectivity index (χ2n) is 4.94. The van der Waals surface area contributed by atoms with Gasteiger partial charge in [-0.3, -0.25) is 4.79 Å². The minimum absolute atomic E-state index is 0.0327. The fraction of sp³-hybridized carbons (Fsp3) is 0.917. The number of rotatable bonds is 6. The van der Waals surface area contributed by atoms with Crippen LogP contribution in [0.15, 0.2) is 0 Å². The highest BCUT2D eigenvalue weighted by Gasteiger charge is 2.17. The standard InChI is InChI=1S/C12H26N2O/c1-6-11(9(4)5)14-12(15)7-10(13)8(2)3/h8-11H,6-7,13H2,1-5H3,(H,14,15). The summed E-state index contributed by atoms with van der Waals surface area (Å²) in [7, 11) is 0. The number of amides is 1. The lowest BCUT2D eigenvalue weighted by Crippen LogP contribution is -2.41. The van der Waals surface area contributed by atoms with Gasteiger partial charge in [-0.2, -0.15) is 0 Å². The van der Waals surface area contributed by atoms with Crippen molar-refractivity contribution >= 4 is 5.91 Å². The first-order valence-corrected chi connectivity index (χ1v) is 5.93. The van der Waals surface area contributed by atoms with E-state index in [1.165, 1.54) is 0 Å². The van der Waals surface area contributed by atoms with Gasteiger partial charge < -0.3 is 11.1 Å². The van der Waals surface area contributed by atoms with Gasteiger partial charge in [0.2, 0.25) is 5.91 Å². The maximum atomic E-state index is 11.6. The van der Waals surface area contributed by atoms with E-state index in [4.69, 9.17) is 5.73 Å². The summed E-state index contributed by atoms with van der Waals surface area (Å²) >= 11 is 0. The molecule has 0 saturated carbocycles. The molecule has 3 nitrogen and oxygen atoms in total. The van der Waals surface area contributed by atoms with Gasteiger partial charge in [0, 0.05) is 18.5 Å². The topological polar surface area (TPSA) is 55.1 Å². The Balaban J connectivity index is 4.02. The summed E-state index contributed by atoms with van der Waals surface area (Å²) in [5.74, 6) is 0.917. The molecule has 0 aromatic rings. The van der Waals surface area contributed by atoms with Crippen LogP contribution >= 0.6 is 0 Å². The summed E-state index contributed by atoms with van der Waals surface area (Å²) in [6, 6.07) is 0.242. The van der Waals surface area contributed by atoms with Crippen molar-refractivity contribution in [2.45, 2.75) is 59.5 Å². The third kappa shape index (κ3) is 5.78. The predicted molar refractivity (Wildman–Crippen MR) is 64.5 cm³/mol. The maximum absolute atomic E-state index is 11.6. The quantitative estimate of drug-likeness (QED) is 0.709. The Morgan fingerprint density at radius 3 is 2.07 bits per heavy atom. The molecule has 0 heterocycles. The fourth-order valence-corrected chi connectivity index (χ4v) is 1.46. The molecule has 2 atom stereocenters. The van der Waals surface area contributed by atoms with E-state index in [2.05, 4.69) is 26.1 Å². The number of nitrogens with two attached hydrogens (primary N) is 1. The smallest absolute Gasteiger partial charge is 0.221 e. The average Bonchev–Trinajstić information content (AvgIpc) is 2.13. The molecule has 0 aromatic heterocycles. The van der Waals surface area contributed by atoms with Gasteiger partial charge in [0.15, 0.2) is 0 Å². The molecule has 0 spiro atoms. The molecule has 0 rings (SSSR count). The Morgan fingerprint density at radius 1 is 1.20 bits per heavy atom. The van der Waals surface area contributed by atoms with Crippen molar-refractivity contribution in [1.82, 2.24) is 5.32 Å². The van der Waals surface area contributed by atoms with Crippen LogP contribution in [-0.4, -0.2) is 18.0 Å². The summed E-state index contributed by atoms with van der Waals surface area (Å²) in [4.78, 5) is 11.6. The van der Waals surface area contributed by atoms with Crippen LogP contribution in [0.25, 0.3) is 0 Å². The third-order valence-corrected chi connectivity index (χ3v) is 2.87. The van der Waals surface area contributed by atoms with Crippen LogP contribution in [-0.2, 0) is 4.79 Å². The SMILES string of the molecule is CCC(NC(=O)CC(N)C(C)C)C(C)C. The van der Waals surface area contributed by atoms with E-state index in [1.807, 2.05) is 13.8 Å². The number of hydrogen-bond acceptors (Lipinski definition) is 2. The molecule has 90 valence electrons. The molecule has 2 unspecified atom stereocenters. The van der Waals surface area contributed by atoms with Gasteiger partial charge in [0.25, 0.3) is 0 Å². The molecule has 1 amide bonds. The normalized spacial score (nSPS) is 15.5. The minimum atomic E-state index is -0.0327. The van der Waals surface area contributed by atoms with Crippen molar-refractivity contribution in [3.8, 4) is 0 Å². The number of carbonyl (C=O) groups is 1. The molecule has 15 heavy (non-hydrogen) atoms. The van der Waals surface area contributed by atoms with E-state index in [0.29, 0.717) is 18.3 Å².